The maximum absolute atomic E-state index is 13.5. The summed E-state index contributed by atoms with van der Waals surface area (Å²) in [7, 11) is 0. The lowest BCUT2D eigenvalue weighted by molar-refractivity contribution is -0.133. The van der Waals surface area contributed by atoms with Gasteiger partial charge in [0.2, 0.25) is 5.82 Å². The Labute approximate surface area is 168 Å². The fraction of sp³-hybridized carbons (Fsp3) is 0.318. The second-order valence-electron chi connectivity index (χ2n) is 7.01. The van der Waals surface area contributed by atoms with Gasteiger partial charge >= 0.3 is 0 Å². The predicted octanol–water partition coefficient (Wildman–Crippen LogP) is 4.32. The van der Waals surface area contributed by atoms with E-state index in [1.165, 1.54) is 25.0 Å². The van der Waals surface area contributed by atoms with Crippen LogP contribution >= 0.6 is 0 Å². The molecule has 0 saturated carbocycles. The third kappa shape index (κ3) is 4.62. The van der Waals surface area contributed by atoms with Crippen molar-refractivity contribution < 1.29 is 18.4 Å². The molecule has 7 heteroatoms. The van der Waals surface area contributed by atoms with Crippen LogP contribution in [0.3, 0.4) is 0 Å². The number of carbonyl (C=O) groups is 1. The molecule has 1 aliphatic rings. The van der Waals surface area contributed by atoms with Gasteiger partial charge in [-0.3, -0.25) is 4.79 Å². The minimum absolute atomic E-state index is 0.0183. The zero-order chi connectivity index (χ0) is 20.1. The highest BCUT2D eigenvalue weighted by atomic mass is 19.1. The molecule has 1 amide bonds. The van der Waals surface area contributed by atoms with Crippen LogP contribution < -0.4 is 4.74 Å². The van der Waals surface area contributed by atoms with Crippen LogP contribution in [0, 0.1) is 5.82 Å². The van der Waals surface area contributed by atoms with Crippen molar-refractivity contribution in [3.8, 4) is 28.6 Å². The van der Waals surface area contributed by atoms with Gasteiger partial charge in [-0.25, -0.2) is 4.39 Å². The Morgan fingerprint density at radius 1 is 1.07 bits per heavy atom. The summed E-state index contributed by atoms with van der Waals surface area (Å²) in [5.41, 5.74) is 1.11. The maximum atomic E-state index is 13.5. The number of ether oxygens (including phenoxy) is 1. The van der Waals surface area contributed by atoms with E-state index in [1.807, 2.05) is 17.0 Å². The van der Waals surface area contributed by atoms with Crippen LogP contribution in [-0.2, 0) is 4.79 Å². The van der Waals surface area contributed by atoms with Crippen LogP contribution in [0.5, 0.6) is 5.75 Å². The van der Waals surface area contributed by atoms with Gasteiger partial charge < -0.3 is 14.2 Å². The average molecular weight is 395 g/mol. The number of halogens is 1. The van der Waals surface area contributed by atoms with E-state index in [-0.39, 0.29) is 24.2 Å². The first kappa shape index (κ1) is 19.1. The van der Waals surface area contributed by atoms with Crippen molar-refractivity contribution in [2.45, 2.75) is 25.7 Å². The molecule has 2 heterocycles. The Hall–Kier alpha value is -3.22. The Balaban J connectivity index is 1.49. The SMILES string of the molecule is O=C(COc1ccccc1-c1noc(-c2cccc(F)c2)n1)N1CCCCCC1. The highest BCUT2D eigenvalue weighted by Crippen LogP contribution is 2.29. The van der Waals surface area contributed by atoms with Gasteiger partial charge in [0.25, 0.3) is 11.8 Å². The zero-order valence-corrected chi connectivity index (χ0v) is 16.0. The van der Waals surface area contributed by atoms with Crippen LogP contribution in [0.25, 0.3) is 22.8 Å². The maximum Gasteiger partial charge on any atom is 0.260 e. The van der Waals surface area contributed by atoms with Gasteiger partial charge in [0, 0.05) is 18.7 Å². The van der Waals surface area contributed by atoms with Crippen molar-refractivity contribution in [3.63, 3.8) is 0 Å². The molecular formula is C22H22FN3O3. The summed E-state index contributed by atoms with van der Waals surface area (Å²) in [6.45, 7) is 1.53. The number of aromatic nitrogens is 2. The molecule has 3 aromatic rings. The number of likely N-dealkylation sites (tertiary alicyclic amines) is 1. The molecule has 0 radical (unpaired) electrons. The molecular weight excluding hydrogens is 373 g/mol. The molecule has 0 aliphatic carbocycles. The van der Waals surface area contributed by atoms with E-state index in [9.17, 15) is 9.18 Å². The molecule has 1 fully saturated rings. The summed E-state index contributed by atoms with van der Waals surface area (Å²) in [6.07, 6.45) is 4.40. The lowest BCUT2D eigenvalue weighted by Gasteiger charge is -2.20. The van der Waals surface area contributed by atoms with E-state index < -0.39 is 0 Å². The Morgan fingerprint density at radius 3 is 2.66 bits per heavy atom. The first-order valence-corrected chi connectivity index (χ1v) is 9.80. The summed E-state index contributed by atoms with van der Waals surface area (Å²) >= 11 is 0. The number of rotatable bonds is 5. The summed E-state index contributed by atoms with van der Waals surface area (Å²) < 4.78 is 24.6. The minimum atomic E-state index is -0.377. The van der Waals surface area contributed by atoms with Crippen LogP contribution in [-0.4, -0.2) is 40.6 Å². The smallest absolute Gasteiger partial charge is 0.260 e. The third-order valence-corrected chi connectivity index (χ3v) is 4.94. The number of benzene rings is 2. The monoisotopic (exact) mass is 395 g/mol. The fourth-order valence-corrected chi connectivity index (χ4v) is 3.40. The molecule has 0 atom stereocenters. The van der Waals surface area contributed by atoms with E-state index >= 15 is 0 Å². The third-order valence-electron chi connectivity index (χ3n) is 4.94. The van der Waals surface area contributed by atoms with E-state index in [2.05, 4.69) is 10.1 Å². The molecule has 150 valence electrons. The number of para-hydroxylation sites is 1. The van der Waals surface area contributed by atoms with E-state index in [1.54, 1.807) is 24.3 Å². The van der Waals surface area contributed by atoms with Gasteiger partial charge in [-0.05, 0) is 43.2 Å². The summed E-state index contributed by atoms with van der Waals surface area (Å²) in [5, 5.41) is 4.00. The van der Waals surface area contributed by atoms with Crippen molar-refractivity contribution in [1.29, 1.82) is 0 Å². The Kier molecular flexibility index (Phi) is 5.84. The largest absolute Gasteiger partial charge is 0.483 e. The Morgan fingerprint density at radius 2 is 1.86 bits per heavy atom. The van der Waals surface area contributed by atoms with Crippen molar-refractivity contribution in [2.75, 3.05) is 19.7 Å². The number of carbonyl (C=O) groups excluding carboxylic acids is 1. The first-order chi connectivity index (χ1) is 14.2. The lowest BCUT2D eigenvalue weighted by atomic mass is 10.2. The van der Waals surface area contributed by atoms with Crippen molar-refractivity contribution in [1.82, 2.24) is 15.0 Å². The van der Waals surface area contributed by atoms with Crippen LogP contribution in [0.15, 0.2) is 53.1 Å². The second-order valence-corrected chi connectivity index (χ2v) is 7.01. The average Bonchev–Trinajstić information content (AvgIpc) is 3.07. The van der Waals surface area contributed by atoms with Crippen molar-refractivity contribution >= 4 is 5.91 Å². The molecule has 1 aliphatic heterocycles. The number of amides is 1. The lowest BCUT2D eigenvalue weighted by Crippen LogP contribution is -2.35. The topological polar surface area (TPSA) is 68.5 Å². The van der Waals surface area contributed by atoms with Gasteiger partial charge in [0.15, 0.2) is 6.61 Å². The molecule has 29 heavy (non-hydrogen) atoms. The van der Waals surface area contributed by atoms with E-state index in [0.717, 1.165) is 25.9 Å². The van der Waals surface area contributed by atoms with Gasteiger partial charge in [-0.2, -0.15) is 4.98 Å². The molecule has 0 spiro atoms. The summed E-state index contributed by atoms with van der Waals surface area (Å²) in [5.74, 6) is 0.646. The normalized spacial score (nSPS) is 14.4. The van der Waals surface area contributed by atoms with Gasteiger partial charge in [-0.1, -0.05) is 36.2 Å². The predicted molar refractivity (Wildman–Crippen MR) is 106 cm³/mol. The standard InChI is InChI=1S/C22H22FN3O3/c23-17-9-7-8-16(14-17)22-24-21(25-29-22)18-10-3-4-11-19(18)28-15-20(27)26-12-5-1-2-6-13-26/h3-4,7-11,14H,1-2,5-6,12-13,15H2. The van der Waals surface area contributed by atoms with Crippen molar-refractivity contribution in [2.24, 2.45) is 0 Å². The highest BCUT2D eigenvalue weighted by molar-refractivity contribution is 5.78. The molecule has 1 aromatic heterocycles. The van der Waals surface area contributed by atoms with Gasteiger partial charge in [0.1, 0.15) is 11.6 Å². The number of hydrogen-bond acceptors (Lipinski definition) is 5. The van der Waals surface area contributed by atoms with Crippen LogP contribution in [0.2, 0.25) is 0 Å². The molecule has 2 aromatic carbocycles. The molecule has 4 rings (SSSR count). The van der Waals surface area contributed by atoms with Crippen molar-refractivity contribution in [3.05, 3.63) is 54.3 Å². The first-order valence-electron chi connectivity index (χ1n) is 9.80. The van der Waals surface area contributed by atoms with E-state index in [0.29, 0.717) is 22.7 Å². The van der Waals surface area contributed by atoms with Crippen LogP contribution in [0.4, 0.5) is 4.39 Å². The highest BCUT2D eigenvalue weighted by Gasteiger charge is 2.18. The molecule has 0 bridgehead atoms. The molecule has 6 nitrogen and oxygen atoms in total. The molecule has 1 saturated heterocycles. The van der Waals surface area contributed by atoms with Gasteiger partial charge in [-0.15, -0.1) is 0 Å². The van der Waals surface area contributed by atoms with Gasteiger partial charge in [0.05, 0.1) is 5.56 Å². The Bertz CT molecular complexity index is 981. The minimum Gasteiger partial charge on any atom is -0.483 e. The summed E-state index contributed by atoms with van der Waals surface area (Å²) in [4.78, 5) is 18.7. The van der Waals surface area contributed by atoms with Crippen LogP contribution in [0.1, 0.15) is 25.7 Å². The molecule has 0 unspecified atom stereocenters. The van der Waals surface area contributed by atoms with E-state index in [4.69, 9.17) is 9.26 Å². The number of hydrogen-bond donors (Lipinski definition) is 0. The molecule has 0 N–H and O–H groups in total. The zero-order valence-electron chi connectivity index (χ0n) is 16.0. The summed E-state index contributed by atoms with van der Waals surface area (Å²) in [6, 6.07) is 13.2. The second kappa shape index (κ2) is 8.86. The number of nitrogens with zero attached hydrogens (tertiary/aromatic N) is 3. The quantitative estimate of drug-likeness (QED) is 0.643. The fourth-order valence-electron chi connectivity index (χ4n) is 3.40.